The fraction of sp³-hybridized carbons (Fsp3) is 0.296. The molecule has 0 aliphatic carbocycles. The molecule has 2 aromatic carbocycles. The summed E-state index contributed by atoms with van der Waals surface area (Å²) in [5, 5.41) is 0.636. The monoisotopic (exact) mass is 492 g/mol. The molecule has 0 unspecified atom stereocenters. The summed E-state index contributed by atoms with van der Waals surface area (Å²) in [7, 11) is 0. The smallest absolute Gasteiger partial charge is 0.311 e. The van der Waals surface area contributed by atoms with Crippen molar-refractivity contribution in [3.05, 3.63) is 65.3 Å². The van der Waals surface area contributed by atoms with Crippen molar-refractivity contribution in [2.75, 3.05) is 0 Å². The van der Waals surface area contributed by atoms with E-state index in [1.54, 1.807) is 22.9 Å². The molecule has 0 saturated carbocycles. The van der Waals surface area contributed by atoms with Gasteiger partial charge in [-0.1, -0.05) is 50.4 Å². The molecule has 5 aromatic rings. The Hall–Kier alpha value is -3.45. The van der Waals surface area contributed by atoms with Crippen LogP contribution in [0.5, 0.6) is 5.75 Å². The van der Waals surface area contributed by atoms with E-state index in [9.17, 15) is 9.18 Å². The summed E-state index contributed by atoms with van der Waals surface area (Å²) in [6, 6.07) is 12.4. The van der Waals surface area contributed by atoms with E-state index in [2.05, 4.69) is 11.3 Å². The van der Waals surface area contributed by atoms with Crippen molar-refractivity contribution in [1.82, 2.24) is 18.9 Å². The summed E-state index contributed by atoms with van der Waals surface area (Å²) in [6.45, 7) is 4.16. The van der Waals surface area contributed by atoms with Gasteiger partial charge in [-0.3, -0.25) is 13.8 Å². The van der Waals surface area contributed by atoms with Crippen LogP contribution >= 0.6 is 11.6 Å². The van der Waals surface area contributed by atoms with Gasteiger partial charge in [0.05, 0.1) is 22.3 Å². The van der Waals surface area contributed by atoms with Crippen LogP contribution in [0.4, 0.5) is 4.39 Å². The number of aryl methyl sites for hydroxylation is 1. The normalized spacial score (nSPS) is 11.7. The van der Waals surface area contributed by atoms with Crippen molar-refractivity contribution < 1.29 is 13.9 Å². The Morgan fingerprint density at radius 3 is 2.63 bits per heavy atom. The number of halogens is 2. The van der Waals surface area contributed by atoms with E-state index < -0.39 is 5.82 Å². The van der Waals surface area contributed by atoms with Crippen LogP contribution < -0.4 is 4.74 Å². The number of fused-ring (bicyclic) bond motifs is 5. The highest BCUT2D eigenvalue weighted by molar-refractivity contribution is 6.30. The molecule has 180 valence electrons. The van der Waals surface area contributed by atoms with E-state index in [0.29, 0.717) is 34.5 Å². The number of imidazole rings is 1. The van der Waals surface area contributed by atoms with Gasteiger partial charge >= 0.3 is 5.97 Å². The standard InChI is InChI=1S/C27H26ClFN4O2/c1-3-5-11-23-31-26-25(27-30-20-9-7-8-10-21(20)33(23)27)22(35-24(34)12-6-4-2)16-32(26)17-13-14-19(29)18(28)15-17/h7-10,13-16H,3-6,11-12H2,1-2H3. The summed E-state index contributed by atoms with van der Waals surface area (Å²) in [4.78, 5) is 22.6. The Labute approximate surface area is 207 Å². The van der Waals surface area contributed by atoms with E-state index >= 15 is 0 Å². The number of benzene rings is 2. The molecule has 0 radical (unpaired) electrons. The van der Waals surface area contributed by atoms with Crippen LogP contribution in [0.2, 0.25) is 5.02 Å². The van der Waals surface area contributed by atoms with Gasteiger partial charge in [0.1, 0.15) is 17.0 Å². The van der Waals surface area contributed by atoms with Gasteiger partial charge in [0.2, 0.25) is 0 Å². The third kappa shape index (κ3) is 4.25. The molecule has 0 spiro atoms. The average Bonchev–Trinajstić information content (AvgIpc) is 3.41. The fourth-order valence-corrected chi connectivity index (χ4v) is 4.50. The first-order valence-corrected chi connectivity index (χ1v) is 12.4. The lowest BCUT2D eigenvalue weighted by molar-refractivity contribution is -0.134. The molecule has 0 saturated heterocycles. The molecule has 5 rings (SSSR count). The van der Waals surface area contributed by atoms with Crippen molar-refractivity contribution in [2.45, 2.75) is 52.4 Å². The Morgan fingerprint density at radius 2 is 1.86 bits per heavy atom. The Morgan fingerprint density at radius 1 is 1.06 bits per heavy atom. The van der Waals surface area contributed by atoms with Crippen LogP contribution in [0.15, 0.2) is 48.7 Å². The molecule has 6 nitrogen and oxygen atoms in total. The van der Waals surface area contributed by atoms with Gasteiger partial charge in [0.15, 0.2) is 17.0 Å². The number of hydrogen-bond acceptors (Lipinski definition) is 4. The topological polar surface area (TPSA) is 61.4 Å². The second-order valence-electron chi connectivity index (χ2n) is 8.63. The molecule has 0 N–H and O–H groups in total. The molecule has 0 bridgehead atoms. The SMILES string of the molecule is CCCCC(=O)Oc1cn(-c2ccc(F)c(Cl)c2)c2nc(CCCC)n3c4ccccc4nc3c12. The van der Waals surface area contributed by atoms with E-state index in [1.165, 1.54) is 6.07 Å². The molecular formula is C27H26ClFN4O2. The largest absolute Gasteiger partial charge is 0.424 e. The lowest BCUT2D eigenvalue weighted by Gasteiger charge is -2.10. The van der Waals surface area contributed by atoms with Crippen molar-refractivity contribution in [1.29, 1.82) is 0 Å². The van der Waals surface area contributed by atoms with Crippen LogP contribution in [0.25, 0.3) is 33.4 Å². The number of esters is 1. The van der Waals surface area contributed by atoms with E-state index in [0.717, 1.165) is 49.0 Å². The maximum Gasteiger partial charge on any atom is 0.311 e. The van der Waals surface area contributed by atoms with Crippen LogP contribution in [0, 0.1) is 5.82 Å². The maximum atomic E-state index is 13.9. The molecule has 0 atom stereocenters. The number of hydrogen-bond donors (Lipinski definition) is 0. The van der Waals surface area contributed by atoms with E-state index in [-0.39, 0.29) is 11.0 Å². The van der Waals surface area contributed by atoms with Gasteiger partial charge in [-0.05, 0) is 43.2 Å². The van der Waals surface area contributed by atoms with Gasteiger partial charge < -0.3 is 4.74 Å². The molecule has 35 heavy (non-hydrogen) atoms. The number of carbonyl (C=O) groups is 1. The number of unbranched alkanes of at least 4 members (excludes halogenated alkanes) is 2. The van der Waals surface area contributed by atoms with Crippen LogP contribution in [0.3, 0.4) is 0 Å². The van der Waals surface area contributed by atoms with E-state index in [4.69, 9.17) is 26.3 Å². The van der Waals surface area contributed by atoms with Gasteiger partial charge in [-0.2, -0.15) is 0 Å². The number of rotatable bonds is 8. The highest BCUT2D eigenvalue weighted by atomic mass is 35.5. The zero-order chi connectivity index (χ0) is 24.5. The quantitative estimate of drug-likeness (QED) is 0.217. The highest BCUT2D eigenvalue weighted by Crippen LogP contribution is 2.36. The van der Waals surface area contributed by atoms with Gasteiger partial charge in [0.25, 0.3) is 0 Å². The zero-order valence-corrected chi connectivity index (χ0v) is 20.5. The third-order valence-electron chi connectivity index (χ3n) is 6.12. The highest BCUT2D eigenvalue weighted by Gasteiger charge is 2.23. The maximum absolute atomic E-state index is 13.9. The molecule has 3 aromatic heterocycles. The molecular weight excluding hydrogens is 467 g/mol. The molecule has 0 aliphatic rings. The minimum Gasteiger partial charge on any atom is -0.424 e. The van der Waals surface area contributed by atoms with Crippen LogP contribution in [0.1, 0.15) is 51.8 Å². The summed E-state index contributed by atoms with van der Waals surface area (Å²) in [6.07, 6.45) is 6.40. The van der Waals surface area contributed by atoms with Crippen molar-refractivity contribution in [3.8, 4) is 11.4 Å². The summed E-state index contributed by atoms with van der Waals surface area (Å²) in [5.41, 5.74) is 3.66. The predicted molar refractivity (Wildman–Crippen MR) is 136 cm³/mol. The Balaban J connectivity index is 1.82. The second kappa shape index (κ2) is 9.66. The lowest BCUT2D eigenvalue weighted by atomic mass is 10.2. The lowest BCUT2D eigenvalue weighted by Crippen LogP contribution is -2.07. The first-order chi connectivity index (χ1) is 17.0. The fourth-order valence-electron chi connectivity index (χ4n) is 4.33. The number of para-hydroxylation sites is 2. The van der Waals surface area contributed by atoms with Crippen LogP contribution in [-0.2, 0) is 11.2 Å². The van der Waals surface area contributed by atoms with Crippen molar-refractivity contribution in [3.63, 3.8) is 0 Å². The predicted octanol–water partition coefficient (Wildman–Crippen LogP) is 7.06. The molecule has 0 amide bonds. The first-order valence-electron chi connectivity index (χ1n) is 12.0. The number of ether oxygens (including phenoxy) is 1. The summed E-state index contributed by atoms with van der Waals surface area (Å²) < 4.78 is 23.6. The Kier molecular flexibility index (Phi) is 6.43. The first kappa shape index (κ1) is 23.3. The molecule has 0 aliphatic heterocycles. The molecule has 0 fully saturated rings. The van der Waals surface area contributed by atoms with Gasteiger partial charge in [-0.15, -0.1) is 0 Å². The third-order valence-corrected chi connectivity index (χ3v) is 6.41. The Bertz CT molecular complexity index is 1560. The minimum atomic E-state index is -0.503. The van der Waals surface area contributed by atoms with E-state index in [1.807, 2.05) is 31.2 Å². The molecule has 3 heterocycles. The number of carbonyl (C=O) groups excluding carboxylic acids is 1. The minimum absolute atomic E-state index is 0.00433. The summed E-state index contributed by atoms with van der Waals surface area (Å²) >= 11 is 6.10. The van der Waals surface area contributed by atoms with Crippen molar-refractivity contribution >= 4 is 45.3 Å². The van der Waals surface area contributed by atoms with Crippen molar-refractivity contribution in [2.24, 2.45) is 0 Å². The summed E-state index contributed by atoms with van der Waals surface area (Å²) in [5.74, 6) is 0.416. The number of nitrogens with zero attached hydrogens (tertiary/aromatic N) is 4. The molecule has 8 heteroatoms. The van der Waals surface area contributed by atoms with Gasteiger partial charge in [0, 0.05) is 18.5 Å². The van der Waals surface area contributed by atoms with Crippen LogP contribution in [-0.4, -0.2) is 24.9 Å². The zero-order valence-electron chi connectivity index (χ0n) is 19.7. The second-order valence-corrected chi connectivity index (χ2v) is 9.04. The van der Waals surface area contributed by atoms with Gasteiger partial charge in [-0.25, -0.2) is 14.4 Å². The number of aromatic nitrogens is 4. The average molecular weight is 493 g/mol.